The van der Waals surface area contributed by atoms with Gasteiger partial charge >= 0.3 is 6.03 Å². The van der Waals surface area contributed by atoms with E-state index in [1.807, 2.05) is 6.07 Å². The number of halogens is 2. The van der Waals surface area contributed by atoms with Gasteiger partial charge in [0.1, 0.15) is 0 Å². The van der Waals surface area contributed by atoms with Crippen LogP contribution in [0.15, 0.2) is 42.7 Å². The van der Waals surface area contributed by atoms with Crippen molar-refractivity contribution in [2.24, 2.45) is 0 Å². The molecular weight excluding hydrogens is 333 g/mol. The smallest absolute Gasteiger partial charge is 0.321 e. The average Bonchev–Trinajstić information content (AvgIpc) is 2.58. The molecule has 1 saturated heterocycles. The summed E-state index contributed by atoms with van der Waals surface area (Å²) in [7, 11) is 0. The zero-order valence-corrected chi connectivity index (χ0v) is 13.6. The molecule has 0 saturated carbocycles. The first-order valence-corrected chi connectivity index (χ1v) is 8.00. The SMILES string of the molecule is O=C(Nc1ccncc1F)N1CCC(O)(c2ccccc2Cl)CC1. The number of carbonyl (C=O) groups excluding carboxylic acids is 1. The van der Waals surface area contributed by atoms with Crippen molar-refractivity contribution in [1.29, 1.82) is 0 Å². The predicted octanol–water partition coefficient (Wildman–Crippen LogP) is 3.39. The summed E-state index contributed by atoms with van der Waals surface area (Å²) in [6.45, 7) is 0.695. The van der Waals surface area contributed by atoms with Crippen molar-refractivity contribution >= 4 is 23.3 Å². The molecule has 2 N–H and O–H groups in total. The molecule has 1 aliphatic rings. The molecule has 2 heterocycles. The Balaban J connectivity index is 1.66. The molecule has 0 bridgehead atoms. The summed E-state index contributed by atoms with van der Waals surface area (Å²) >= 11 is 6.17. The molecule has 0 unspecified atom stereocenters. The van der Waals surface area contributed by atoms with E-state index in [-0.39, 0.29) is 5.69 Å². The van der Waals surface area contributed by atoms with E-state index >= 15 is 0 Å². The number of aromatic nitrogens is 1. The Bertz CT molecular complexity index is 748. The van der Waals surface area contributed by atoms with E-state index in [1.54, 1.807) is 23.1 Å². The van der Waals surface area contributed by atoms with Crippen LogP contribution in [0.1, 0.15) is 18.4 Å². The molecule has 1 aliphatic heterocycles. The van der Waals surface area contributed by atoms with E-state index in [1.165, 1.54) is 12.3 Å². The average molecular weight is 350 g/mol. The number of piperidine rings is 1. The normalized spacial score (nSPS) is 16.7. The number of nitrogens with one attached hydrogen (secondary N) is 1. The van der Waals surface area contributed by atoms with E-state index < -0.39 is 17.4 Å². The molecule has 0 radical (unpaired) electrons. The van der Waals surface area contributed by atoms with Crippen LogP contribution in [0.3, 0.4) is 0 Å². The first kappa shape index (κ1) is 16.7. The molecule has 2 amide bonds. The maximum Gasteiger partial charge on any atom is 0.321 e. The maximum absolute atomic E-state index is 13.6. The minimum absolute atomic E-state index is 0.0851. The van der Waals surface area contributed by atoms with E-state index in [2.05, 4.69) is 10.3 Å². The van der Waals surface area contributed by atoms with Crippen molar-refractivity contribution in [3.8, 4) is 0 Å². The topological polar surface area (TPSA) is 65.5 Å². The number of benzene rings is 1. The number of pyridine rings is 1. The highest BCUT2D eigenvalue weighted by Gasteiger charge is 2.36. The third-order valence-corrected chi connectivity index (χ3v) is 4.60. The summed E-state index contributed by atoms with van der Waals surface area (Å²) in [4.78, 5) is 17.4. The minimum atomic E-state index is -1.06. The van der Waals surface area contributed by atoms with Crippen LogP contribution in [0.2, 0.25) is 5.02 Å². The van der Waals surface area contributed by atoms with Crippen molar-refractivity contribution in [2.75, 3.05) is 18.4 Å². The van der Waals surface area contributed by atoms with E-state index in [9.17, 15) is 14.3 Å². The number of carbonyl (C=O) groups is 1. The van der Waals surface area contributed by atoms with Gasteiger partial charge in [-0.25, -0.2) is 9.18 Å². The molecule has 2 aromatic rings. The van der Waals surface area contributed by atoms with Crippen LogP contribution in [0.5, 0.6) is 0 Å². The van der Waals surface area contributed by atoms with Crippen LogP contribution < -0.4 is 5.32 Å². The molecule has 1 aromatic carbocycles. The van der Waals surface area contributed by atoms with Crippen molar-refractivity contribution in [1.82, 2.24) is 9.88 Å². The van der Waals surface area contributed by atoms with Crippen LogP contribution in [-0.2, 0) is 5.60 Å². The molecule has 24 heavy (non-hydrogen) atoms. The number of aliphatic hydroxyl groups is 1. The fourth-order valence-electron chi connectivity index (χ4n) is 2.86. The second-order valence-electron chi connectivity index (χ2n) is 5.78. The van der Waals surface area contributed by atoms with Crippen molar-refractivity contribution in [3.63, 3.8) is 0 Å². The number of hydrogen-bond donors (Lipinski definition) is 2. The highest BCUT2D eigenvalue weighted by molar-refractivity contribution is 6.31. The quantitative estimate of drug-likeness (QED) is 0.873. The number of anilines is 1. The molecule has 0 spiro atoms. The molecule has 0 atom stereocenters. The Morgan fingerprint density at radius 1 is 1.29 bits per heavy atom. The lowest BCUT2D eigenvalue weighted by atomic mass is 9.84. The van der Waals surface area contributed by atoms with E-state index in [0.29, 0.717) is 36.5 Å². The number of hydrogen-bond acceptors (Lipinski definition) is 3. The monoisotopic (exact) mass is 349 g/mol. The third-order valence-electron chi connectivity index (χ3n) is 4.27. The Kier molecular flexibility index (Phi) is 4.69. The Labute approximate surface area is 144 Å². The van der Waals surface area contributed by atoms with Crippen LogP contribution in [0.4, 0.5) is 14.9 Å². The standard InChI is InChI=1S/C17H17ClFN3O2/c18-13-4-2-1-3-12(13)17(24)6-9-22(10-7-17)16(23)21-15-5-8-20-11-14(15)19/h1-5,8,11,24H,6-7,9-10H2,(H,20,21,23). The lowest BCUT2D eigenvalue weighted by Crippen LogP contribution is -2.46. The van der Waals surface area contributed by atoms with Crippen LogP contribution in [0.25, 0.3) is 0 Å². The second-order valence-corrected chi connectivity index (χ2v) is 6.19. The van der Waals surface area contributed by atoms with Crippen molar-refractivity contribution in [2.45, 2.75) is 18.4 Å². The van der Waals surface area contributed by atoms with Crippen LogP contribution in [0, 0.1) is 5.82 Å². The first-order chi connectivity index (χ1) is 11.5. The van der Waals surface area contributed by atoms with Gasteiger partial charge in [-0.3, -0.25) is 4.98 Å². The molecule has 3 rings (SSSR count). The molecule has 7 heteroatoms. The maximum atomic E-state index is 13.6. The van der Waals surface area contributed by atoms with Crippen molar-refractivity contribution < 1.29 is 14.3 Å². The van der Waals surface area contributed by atoms with Gasteiger partial charge in [-0.15, -0.1) is 0 Å². The molecule has 1 aromatic heterocycles. The summed E-state index contributed by atoms with van der Waals surface area (Å²) in [5.74, 6) is -0.588. The molecule has 0 aliphatic carbocycles. The predicted molar refractivity (Wildman–Crippen MR) is 89.4 cm³/mol. The number of likely N-dealkylation sites (tertiary alicyclic amines) is 1. The second kappa shape index (κ2) is 6.75. The summed E-state index contributed by atoms with van der Waals surface area (Å²) in [6, 6.07) is 8.16. The van der Waals surface area contributed by atoms with Crippen molar-refractivity contribution in [3.05, 3.63) is 59.1 Å². The van der Waals surface area contributed by atoms with Gasteiger partial charge in [0.2, 0.25) is 0 Å². The summed E-state index contributed by atoms with van der Waals surface area (Å²) in [6.07, 6.45) is 3.18. The lowest BCUT2D eigenvalue weighted by molar-refractivity contribution is -0.0156. The molecule has 5 nitrogen and oxygen atoms in total. The number of urea groups is 1. The Morgan fingerprint density at radius 3 is 2.67 bits per heavy atom. The number of amides is 2. The summed E-state index contributed by atoms with van der Waals surface area (Å²) < 4.78 is 13.6. The fourth-order valence-corrected chi connectivity index (χ4v) is 3.17. The van der Waals surface area contributed by atoms with Gasteiger partial charge in [0.05, 0.1) is 17.5 Å². The Morgan fingerprint density at radius 2 is 2.00 bits per heavy atom. The van der Waals surface area contributed by atoms with Gasteiger partial charge in [0, 0.05) is 29.9 Å². The largest absolute Gasteiger partial charge is 0.385 e. The zero-order valence-electron chi connectivity index (χ0n) is 12.9. The van der Waals surface area contributed by atoms with Gasteiger partial charge in [0.15, 0.2) is 5.82 Å². The van der Waals surface area contributed by atoms with Gasteiger partial charge in [-0.1, -0.05) is 29.8 Å². The lowest BCUT2D eigenvalue weighted by Gasteiger charge is -2.38. The van der Waals surface area contributed by atoms with Gasteiger partial charge < -0.3 is 15.3 Å². The zero-order chi connectivity index (χ0) is 17.2. The van der Waals surface area contributed by atoms with Gasteiger partial charge in [-0.05, 0) is 25.0 Å². The fraction of sp³-hybridized carbons (Fsp3) is 0.294. The third kappa shape index (κ3) is 3.34. The summed E-state index contributed by atoms with van der Waals surface area (Å²) in [5, 5.41) is 13.9. The summed E-state index contributed by atoms with van der Waals surface area (Å²) in [5.41, 5.74) is -0.300. The van der Waals surface area contributed by atoms with Gasteiger partial charge in [-0.2, -0.15) is 0 Å². The number of rotatable bonds is 2. The molecule has 126 valence electrons. The molecule has 1 fully saturated rings. The number of nitrogens with zero attached hydrogens (tertiary/aromatic N) is 2. The minimum Gasteiger partial charge on any atom is -0.385 e. The van der Waals surface area contributed by atoms with Gasteiger partial charge in [0.25, 0.3) is 0 Å². The highest BCUT2D eigenvalue weighted by Crippen LogP contribution is 2.36. The Hall–Kier alpha value is -2.18. The first-order valence-electron chi connectivity index (χ1n) is 7.62. The van der Waals surface area contributed by atoms with Crippen LogP contribution >= 0.6 is 11.6 Å². The highest BCUT2D eigenvalue weighted by atomic mass is 35.5. The molecular formula is C17H17ClFN3O2. The van der Waals surface area contributed by atoms with E-state index in [4.69, 9.17) is 11.6 Å². The van der Waals surface area contributed by atoms with Crippen LogP contribution in [-0.4, -0.2) is 34.1 Å². The van der Waals surface area contributed by atoms with E-state index in [0.717, 1.165) is 6.20 Å².